The molecule has 26 heavy (non-hydrogen) atoms. The number of carbonyl (C=O) groups is 1. The predicted octanol–water partition coefficient (Wildman–Crippen LogP) is 3.75. The second-order valence-electron chi connectivity index (χ2n) is 6.57. The van der Waals surface area contributed by atoms with Gasteiger partial charge in [0.1, 0.15) is 0 Å². The molecular weight excluding hydrogens is 363 g/mol. The minimum atomic E-state index is -4.39. The molecule has 1 aliphatic carbocycles. The van der Waals surface area contributed by atoms with Crippen LogP contribution in [0.1, 0.15) is 28.8 Å². The van der Waals surface area contributed by atoms with E-state index in [1.807, 2.05) is 6.07 Å². The van der Waals surface area contributed by atoms with E-state index < -0.39 is 17.3 Å². The van der Waals surface area contributed by atoms with Crippen LogP contribution in [0.25, 0.3) is 10.4 Å². The summed E-state index contributed by atoms with van der Waals surface area (Å²) in [6, 6.07) is 7.06. The Kier molecular flexibility index (Phi) is 3.66. The zero-order chi connectivity index (χ0) is 18.7. The van der Waals surface area contributed by atoms with Crippen molar-refractivity contribution in [2.24, 2.45) is 10.7 Å². The summed E-state index contributed by atoms with van der Waals surface area (Å²) in [5, 5.41) is 0. The summed E-state index contributed by atoms with van der Waals surface area (Å²) in [6.07, 6.45) is -2.27. The van der Waals surface area contributed by atoms with Gasteiger partial charge in [0.25, 0.3) is 5.91 Å². The monoisotopic (exact) mass is 379 g/mol. The molecule has 1 unspecified atom stereocenters. The van der Waals surface area contributed by atoms with Crippen LogP contribution in [0.15, 0.2) is 35.3 Å². The highest BCUT2D eigenvalue weighted by atomic mass is 32.1. The number of benzene rings is 1. The lowest BCUT2D eigenvalue weighted by Crippen LogP contribution is -2.41. The van der Waals surface area contributed by atoms with Gasteiger partial charge < -0.3 is 5.73 Å². The number of rotatable bonds is 1. The van der Waals surface area contributed by atoms with Crippen LogP contribution in [0.4, 0.5) is 13.2 Å². The molecule has 2 heterocycles. The Balaban J connectivity index is 1.82. The molecule has 1 atom stereocenters. The minimum absolute atomic E-state index is 0.176. The number of nitrogens with two attached hydrogens (primary N) is 1. The van der Waals surface area contributed by atoms with E-state index in [9.17, 15) is 18.0 Å². The second-order valence-corrected chi connectivity index (χ2v) is 7.71. The van der Waals surface area contributed by atoms with Crippen molar-refractivity contribution in [3.8, 4) is 10.4 Å². The van der Waals surface area contributed by atoms with Crippen LogP contribution < -0.4 is 5.73 Å². The zero-order valence-corrected chi connectivity index (χ0v) is 14.7. The van der Waals surface area contributed by atoms with Crippen molar-refractivity contribution in [2.75, 3.05) is 7.05 Å². The van der Waals surface area contributed by atoms with E-state index in [1.165, 1.54) is 22.3 Å². The molecule has 0 fully saturated rings. The lowest BCUT2D eigenvalue weighted by molar-refractivity contribution is -0.137. The van der Waals surface area contributed by atoms with Gasteiger partial charge in [-0.15, -0.1) is 11.3 Å². The Hall–Kier alpha value is -2.35. The van der Waals surface area contributed by atoms with Gasteiger partial charge >= 0.3 is 6.18 Å². The molecule has 1 spiro atoms. The number of thiophene rings is 1. The van der Waals surface area contributed by atoms with Crippen LogP contribution in [0.3, 0.4) is 0 Å². The van der Waals surface area contributed by atoms with Crippen LogP contribution in [0.2, 0.25) is 0 Å². The van der Waals surface area contributed by atoms with Gasteiger partial charge in [0.05, 0.1) is 5.56 Å². The summed E-state index contributed by atoms with van der Waals surface area (Å²) in [6.45, 7) is 0. The van der Waals surface area contributed by atoms with Gasteiger partial charge in [0, 0.05) is 22.4 Å². The molecule has 0 saturated heterocycles. The number of carbonyl (C=O) groups excluding carboxylic acids is 1. The van der Waals surface area contributed by atoms with Crippen LogP contribution in [-0.2, 0) is 22.9 Å². The minimum Gasteiger partial charge on any atom is -0.369 e. The molecule has 8 heteroatoms. The average molecular weight is 379 g/mol. The molecule has 136 valence electrons. The first-order valence-corrected chi connectivity index (χ1v) is 8.98. The van der Waals surface area contributed by atoms with Crippen molar-refractivity contribution in [3.05, 3.63) is 46.3 Å². The van der Waals surface area contributed by atoms with E-state index >= 15 is 0 Å². The Morgan fingerprint density at radius 2 is 2.08 bits per heavy atom. The first kappa shape index (κ1) is 17.1. The van der Waals surface area contributed by atoms with E-state index in [4.69, 9.17) is 5.73 Å². The molecule has 2 aliphatic rings. The summed E-state index contributed by atoms with van der Waals surface area (Å²) in [4.78, 5) is 20.3. The van der Waals surface area contributed by atoms with E-state index in [0.717, 1.165) is 35.4 Å². The number of amides is 1. The highest BCUT2D eigenvalue weighted by Crippen LogP contribution is 2.48. The van der Waals surface area contributed by atoms with E-state index in [-0.39, 0.29) is 11.9 Å². The number of guanidine groups is 1. The Bertz CT molecular complexity index is 934. The molecular formula is C18H16F3N3OS. The third-order valence-corrected chi connectivity index (χ3v) is 6.22. The van der Waals surface area contributed by atoms with Crippen molar-refractivity contribution in [2.45, 2.75) is 31.0 Å². The fourth-order valence-electron chi connectivity index (χ4n) is 3.63. The van der Waals surface area contributed by atoms with Crippen molar-refractivity contribution >= 4 is 23.2 Å². The first-order valence-electron chi connectivity index (χ1n) is 8.17. The summed E-state index contributed by atoms with van der Waals surface area (Å²) < 4.78 is 39.0. The summed E-state index contributed by atoms with van der Waals surface area (Å²) in [7, 11) is 1.59. The van der Waals surface area contributed by atoms with Gasteiger partial charge in [0.2, 0.25) is 0 Å². The zero-order valence-electron chi connectivity index (χ0n) is 13.9. The van der Waals surface area contributed by atoms with Gasteiger partial charge in [-0.2, -0.15) is 13.2 Å². The molecule has 2 aromatic rings. The Morgan fingerprint density at radius 3 is 2.73 bits per heavy atom. The number of fused-ring (bicyclic) bond motifs is 2. The van der Waals surface area contributed by atoms with Crippen LogP contribution in [-0.4, -0.2) is 23.8 Å². The summed E-state index contributed by atoms with van der Waals surface area (Å²) >= 11 is 1.42. The maximum atomic E-state index is 13.0. The standard InChI is InChI=1S/C18H16F3N3OS/c1-24-15(25)17(23-16(24)22)7-3-6-13-12(17)9-14(26-13)10-4-2-5-11(8-10)18(19,20)21/h2,4-5,8-9H,3,6-7H2,1H3,(H2,22,23). The number of aryl methyl sites for hydroxylation is 1. The summed E-state index contributed by atoms with van der Waals surface area (Å²) in [5.41, 5.74) is 5.41. The lowest BCUT2D eigenvalue weighted by Gasteiger charge is -2.29. The van der Waals surface area contributed by atoms with E-state index in [0.29, 0.717) is 16.9 Å². The molecule has 1 amide bonds. The highest BCUT2D eigenvalue weighted by Gasteiger charge is 2.50. The highest BCUT2D eigenvalue weighted by molar-refractivity contribution is 7.15. The largest absolute Gasteiger partial charge is 0.416 e. The molecule has 1 aromatic carbocycles. The topological polar surface area (TPSA) is 58.7 Å². The van der Waals surface area contributed by atoms with Crippen LogP contribution in [0, 0.1) is 0 Å². The number of likely N-dealkylation sites (N-methyl/N-ethyl adjacent to an activating group) is 1. The number of nitrogens with zero attached hydrogens (tertiary/aromatic N) is 2. The number of halogens is 3. The first-order chi connectivity index (χ1) is 12.2. The van der Waals surface area contributed by atoms with Crippen LogP contribution >= 0.6 is 11.3 Å². The normalized spacial score (nSPS) is 22.7. The molecule has 4 nitrogen and oxygen atoms in total. The third kappa shape index (κ3) is 2.43. The Labute approximate surface area is 152 Å². The van der Waals surface area contributed by atoms with Crippen molar-refractivity contribution in [1.29, 1.82) is 0 Å². The van der Waals surface area contributed by atoms with Gasteiger partial charge in [-0.3, -0.25) is 9.69 Å². The van der Waals surface area contributed by atoms with Crippen molar-refractivity contribution in [1.82, 2.24) is 4.90 Å². The fraction of sp³-hybridized carbons (Fsp3) is 0.333. The number of hydrogen-bond acceptors (Lipinski definition) is 4. The van der Waals surface area contributed by atoms with Gasteiger partial charge in [-0.05, 0) is 43.0 Å². The molecule has 4 rings (SSSR count). The lowest BCUT2D eigenvalue weighted by atomic mass is 9.80. The predicted molar refractivity (Wildman–Crippen MR) is 93.8 cm³/mol. The van der Waals surface area contributed by atoms with E-state index in [1.54, 1.807) is 13.1 Å². The van der Waals surface area contributed by atoms with E-state index in [2.05, 4.69) is 4.99 Å². The average Bonchev–Trinajstić information content (AvgIpc) is 3.12. The SMILES string of the molecule is CN1C(=O)C2(CCCc3sc(-c4cccc(C(F)(F)F)c4)cc32)N=C1N. The number of hydrogen-bond donors (Lipinski definition) is 1. The van der Waals surface area contributed by atoms with Crippen molar-refractivity contribution in [3.63, 3.8) is 0 Å². The number of aliphatic imine (C=N–C) groups is 1. The summed E-state index contributed by atoms with van der Waals surface area (Å²) in [5.74, 6) is -0.000916. The third-order valence-electron chi connectivity index (χ3n) is 4.98. The molecule has 0 bridgehead atoms. The van der Waals surface area contributed by atoms with Gasteiger partial charge in [-0.25, -0.2) is 4.99 Å². The van der Waals surface area contributed by atoms with Gasteiger partial charge in [0.15, 0.2) is 11.5 Å². The molecule has 0 saturated carbocycles. The fourth-order valence-corrected chi connectivity index (χ4v) is 4.90. The van der Waals surface area contributed by atoms with Crippen LogP contribution in [0.5, 0.6) is 0 Å². The molecule has 1 aromatic heterocycles. The maximum Gasteiger partial charge on any atom is 0.416 e. The molecule has 2 N–H and O–H groups in total. The number of alkyl halides is 3. The smallest absolute Gasteiger partial charge is 0.369 e. The van der Waals surface area contributed by atoms with Crippen molar-refractivity contribution < 1.29 is 18.0 Å². The quantitative estimate of drug-likeness (QED) is 0.820. The maximum absolute atomic E-state index is 13.0. The van der Waals surface area contributed by atoms with Gasteiger partial charge in [-0.1, -0.05) is 12.1 Å². The Morgan fingerprint density at radius 1 is 1.31 bits per heavy atom. The molecule has 0 radical (unpaired) electrons. The second kappa shape index (κ2) is 5.57. The molecule has 1 aliphatic heterocycles.